The number of hydrogen-bond acceptors (Lipinski definition) is 3. The summed E-state index contributed by atoms with van der Waals surface area (Å²) in [5.41, 5.74) is 2.45. The van der Waals surface area contributed by atoms with Crippen LogP contribution in [-0.4, -0.2) is 26.9 Å². The van der Waals surface area contributed by atoms with E-state index in [1.807, 2.05) is 57.2 Å². The molecule has 5 nitrogen and oxygen atoms in total. The molecule has 1 aromatic heterocycles. The Labute approximate surface area is 192 Å². The van der Waals surface area contributed by atoms with Gasteiger partial charge >= 0.3 is 0 Å². The zero-order valence-corrected chi connectivity index (χ0v) is 19.0. The van der Waals surface area contributed by atoms with Crippen molar-refractivity contribution in [2.75, 3.05) is 6.54 Å². The number of nitrogens with zero attached hydrogens (tertiary/aromatic N) is 3. The van der Waals surface area contributed by atoms with Crippen molar-refractivity contribution >= 4 is 16.8 Å². The zero-order valence-electron chi connectivity index (χ0n) is 19.0. The van der Waals surface area contributed by atoms with Crippen LogP contribution in [0.15, 0.2) is 77.6 Å². The first-order valence-corrected chi connectivity index (χ1v) is 11.1. The Balaban J connectivity index is 1.92. The molecule has 168 valence electrons. The average molecular weight is 444 g/mol. The van der Waals surface area contributed by atoms with Gasteiger partial charge in [-0.15, -0.1) is 0 Å². The van der Waals surface area contributed by atoms with Gasteiger partial charge in [-0.2, -0.15) is 0 Å². The largest absolute Gasteiger partial charge is 0.329 e. The quantitative estimate of drug-likeness (QED) is 0.398. The predicted octanol–water partition coefficient (Wildman–Crippen LogP) is 5.45. The van der Waals surface area contributed by atoms with Crippen molar-refractivity contribution in [1.82, 2.24) is 14.5 Å². The van der Waals surface area contributed by atoms with Crippen molar-refractivity contribution in [1.29, 1.82) is 0 Å². The Kier molecular flexibility index (Phi) is 6.36. The molecular weight excluding hydrogens is 417 g/mol. The van der Waals surface area contributed by atoms with Gasteiger partial charge in [0.2, 0.25) is 0 Å². The minimum Gasteiger partial charge on any atom is -0.329 e. The van der Waals surface area contributed by atoms with E-state index in [0.29, 0.717) is 28.8 Å². The van der Waals surface area contributed by atoms with Crippen molar-refractivity contribution in [2.24, 2.45) is 0 Å². The molecule has 4 rings (SSSR count). The van der Waals surface area contributed by atoms with Gasteiger partial charge < -0.3 is 4.90 Å². The lowest BCUT2D eigenvalue weighted by molar-refractivity contribution is 0.0681. The summed E-state index contributed by atoms with van der Waals surface area (Å²) in [6.07, 6.45) is 0.722. The molecule has 0 aliphatic rings. The molecule has 3 aromatic carbocycles. The van der Waals surface area contributed by atoms with E-state index in [4.69, 9.17) is 4.98 Å². The number of hydrogen-bond donors (Lipinski definition) is 0. The summed E-state index contributed by atoms with van der Waals surface area (Å²) in [5, 5.41) is 0.517. The SMILES string of the molecule is CCCN(C(=O)c1ccc(F)cc1)C(C)c1nc2ccccc2c(=O)n1-c1ccccc1C. The molecule has 1 atom stereocenters. The fourth-order valence-electron chi connectivity index (χ4n) is 4.09. The van der Waals surface area contributed by atoms with Crippen molar-refractivity contribution < 1.29 is 9.18 Å². The summed E-state index contributed by atoms with van der Waals surface area (Å²) in [6, 6.07) is 19.9. The molecule has 0 saturated carbocycles. The smallest absolute Gasteiger partial charge is 0.266 e. The van der Waals surface area contributed by atoms with Crippen LogP contribution in [0, 0.1) is 12.7 Å². The van der Waals surface area contributed by atoms with Gasteiger partial charge in [0.05, 0.1) is 22.6 Å². The van der Waals surface area contributed by atoms with E-state index in [-0.39, 0.29) is 11.5 Å². The number of carbonyl (C=O) groups excluding carboxylic acids is 1. The Morgan fingerprint density at radius 2 is 1.70 bits per heavy atom. The second-order valence-corrected chi connectivity index (χ2v) is 8.10. The highest BCUT2D eigenvalue weighted by Crippen LogP contribution is 2.26. The van der Waals surface area contributed by atoms with E-state index >= 15 is 0 Å². The summed E-state index contributed by atoms with van der Waals surface area (Å²) in [5.74, 6) is -0.147. The maximum atomic E-state index is 13.6. The van der Waals surface area contributed by atoms with Gasteiger partial charge in [-0.25, -0.2) is 9.37 Å². The first-order valence-electron chi connectivity index (χ1n) is 11.1. The van der Waals surface area contributed by atoms with E-state index in [2.05, 4.69) is 0 Å². The Bertz CT molecular complexity index is 1360. The van der Waals surface area contributed by atoms with Gasteiger partial charge in [-0.1, -0.05) is 37.3 Å². The van der Waals surface area contributed by atoms with Crippen LogP contribution in [0.5, 0.6) is 0 Å². The minimum atomic E-state index is -0.501. The lowest BCUT2D eigenvalue weighted by Gasteiger charge is -2.30. The molecule has 1 amide bonds. The van der Waals surface area contributed by atoms with E-state index in [9.17, 15) is 14.0 Å². The number of fused-ring (bicyclic) bond motifs is 1. The molecule has 1 heterocycles. The van der Waals surface area contributed by atoms with Gasteiger partial charge in [-0.05, 0) is 68.3 Å². The number of aryl methyl sites for hydroxylation is 1. The molecule has 1 unspecified atom stereocenters. The summed E-state index contributed by atoms with van der Waals surface area (Å²) in [6.45, 7) is 6.27. The maximum absolute atomic E-state index is 13.6. The predicted molar refractivity (Wildman–Crippen MR) is 128 cm³/mol. The Hall–Kier alpha value is -3.80. The molecule has 0 radical (unpaired) electrons. The number of halogens is 1. The van der Waals surface area contributed by atoms with Gasteiger partial charge in [0.15, 0.2) is 0 Å². The highest BCUT2D eigenvalue weighted by atomic mass is 19.1. The molecule has 0 aliphatic heterocycles. The van der Waals surface area contributed by atoms with Crippen molar-refractivity contribution in [3.8, 4) is 5.69 Å². The summed E-state index contributed by atoms with van der Waals surface area (Å²) < 4.78 is 15.0. The minimum absolute atomic E-state index is 0.178. The number of rotatable bonds is 6. The maximum Gasteiger partial charge on any atom is 0.266 e. The number of amides is 1. The Morgan fingerprint density at radius 1 is 1.03 bits per heavy atom. The number of aromatic nitrogens is 2. The third-order valence-electron chi connectivity index (χ3n) is 5.82. The zero-order chi connectivity index (χ0) is 23.5. The topological polar surface area (TPSA) is 55.2 Å². The van der Waals surface area contributed by atoms with Gasteiger partial charge in [0.25, 0.3) is 11.5 Å². The van der Waals surface area contributed by atoms with Gasteiger partial charge in [-0.3, -0.25) is 14.2 Å². The van der Waals surface area contributed by atoms with E-state index < -0.39 is 11.9 Å². The fourth-order valence-corrected chi connectivity index (χ4v) is 4.09. The monoisotopic (exact) mass is 443 g/mol. The third-order valence-corrected chi connectivity index (χ3v) is 5.82. The van der Waals surface area contributed by atoms with Crippen LogP contribution < -0.4 is 5.56 Å². The van der Waals surface area contributed by atoms with Crippen molar-refractivity contribution in [2.45, 2.75) is 33.2 Å². The highest BCUT2D eigenvalue weighted by Gasteiger charge is 2.27. The second kappa shape index (κ2) is 9.36. The van der Waals surface area contributed by atoms with Crippen LogP contribution >= 0.6 is 0 Å². The normalized spacial score (nSPS) is 12.0. The Morgan fingerprint density at radius 3 is 2.39 bits per heavy atom. The first-order chi connectivity index (χ1) is 15.9. The van der Waals surface area contributed by atoms with E-state index in [0.717, 1.165) is 17.7 Å². The van der Waals surface area contributed by atoms with Crippen LogP contribution in [0.1, 0.15) is 48.1 Å². The molecule has 0 bridgehead atoms. The molecule has 0 saturated heterocycles. The summed E-state index contributed by atoms with van der Waals surface area (Å²) in [7, 11) is 0. The van der Waals surface area contributed by atoms with Gasteiger partial charge in [0.1, 0.15) is 11.6 Å². The lowest BCUT2D eigenvalue weighted by atomic mass is 10.1. The van der Waals surface area contributed by atoms with E-state index in [1.54, 1.807) is 21.6 Å². The highest BCUT2D eigenvalue weighted by molar-refractivity contribution is 5.94. The lowest BCUT2D eigenvalue weighted by Crippen LogP contribution is -2.38. The number of carbonyl (C=O) groups is 1. The van der Waals surface area contributed by atoms with Crippen molar-refractivity contribution in [3.63, 3.8) is 0 Å². The summed E-state index contributed by atoms with van der Waals surface area (Å²) in [4.78, 5) is 33.6. The van der Waals surface area contributed by atoms with Crippen molar-refractivity contribution in [3.05, 3.63) is 106 Å². The van der Waals surface area contributed by atoms with Crippen LogP contribution in [0.4, 0.5) is 4.39 Å². The molecule has 0 aliphatic carbocycles. The number of para-hydroxylation sites is 2. The standard InChI is InChI=1S/C27H26FN3O2/c1-4-17-30(26(32)20-13-15-21(28)16-14-20)19(3)25-29-23-11-7-6-10-22(23)27(33)31(25)24-12-8-5-9-18(24)2/h5-16,19H,4,17H2,1-3H3. The molecule has 6 heteroatoms. The van der Waals surface area contributed by atoms with Crippen LogP contribution in [0.2, 0.25) is 0 Å². The molecule has 33 heavy (non-hydrogen) atoms. The first kappa shape index (κ1) is 22.4. The second-order valence-electron chi connectivity index (χ2n) is 8.10. The molecule has 4 aromatic rings. The van der Waals surface area contributed by atoms with E-state index in [1.165, 1.54) is 24.3 Å². The van der Waals surface area contributed by atoms with Crippen LogP contribution in [0.25, 0.3) is 16.6 Å². The van der Waals surface area contributed by atoms with Crippen LogP contribution in [-0.2, 0) is 0 Å². The fraction of sp³-hybridized carbons (Fsp3) is 0.222. The molecule has 0 fully saturated rings. The van der Waals surface area contributed by atoms with Crippen LogP contribution in [0.3, 0.4) is 0 Å². The molecule has 0 spiro atoms. The molecular formula is C27H26FN3O2. The summed E-state index contributed by atoms with van der Waals surface area (Å²) >= 11 is 0. The van der Waals surface area contributed by atoms with Gasteiger partial charge in [0, 0.05) is 12.1 Å². The molecule has 0 N–H and O–H groups in total. The third kappa shape index (κ3) is 4.29. The number of benzene rings is 3. The average Bonchev–Trinajstić information content (AvgIpc) is 2.83.